The molecular weight excluding hydrogens is 108 g/mol. The lowest BCUT2D eigenvalue weighted by Crippen LogP contribution is -2.01. The highest BCUT2D eigenvalue weighted by molar-refractivity contribution is 4.71. The van der Waals surface area contributed by atoms with Gasteiger partial charge >= 0.3 is 0 Å². The third-order valence-electron chi connectivity index (χ3n) is 1.68. The molecule has 0 heterocycles. The standard InChI is InChI=1S/C8H16.CH4/c1-5-6-8(4)7(2)3;/h5,7-8H,1,6H2,2-4H3;1H4/t8-;/m0./s1. The average molecular weight is 128 g/mol. The zero-order valence-corrected chi connectivity index (χ0v) is 6.15. The molecule has 0 heteroatoms. The topological polar surface area (TPSA) is 0 Å². The summed E-state index contributed by atoms with van der Waals surface area (Å²) in [6.07, 6.45) is 3.14. The van der Waals surface area contributed by atoms with Gasteiger partial charge in [0, 0.05) is 0 Å². The van der Waals surface area contributed by atoms with E-state index in [9.17, 15) is 0 Å². The second-order valence-corrected chi connectivity index (χ2v) is 2.75. The highest BCUT2D eigenvalue weighted by atomic mass is 14.1. The van der Waals surface area contributed by atoms with Gasteiger partial charge in [-0.2, -0.15) is 0 Å². The normalized spacial score (nSPS) is 12.4. The van der Waals surface area contributed by atoms with Crippen LogP contribution in [0.5, 0.6) is 0 Å². The highest BCUT2D eigenvalue weighted by Gasteiger charge is 2.02. The predicted octanol–water partition coefficient (Wildman–Crippen LogP) is 3.49. The van der Waals surface area contributed by atoms with Crippen molar-refractivity contribution in [1.82, 2.24) is 0 Å². The van der Waals surface area contributed by atoms with E-state index in [2.05, 4.69) is 27.4 Å². The van der Waals surface area contributed by atoms with Crippen LogP contribution < -0.4 is 0 Å². The van der Waals surface area contributed by atoms with Gasteiger partial charge in [0.2, 0.25) is 0 Å². The van der Waals surface area contributed by atoms with E-state index < -0.39 is 0 Å². The van der Waals surface area contributed by atoms with E-state index in [0.717, 1.165) is 18.3 Å². The summed E-state index contributed by atoms with van der Waals surface area (Å²) in [6.45, 7) is 10.4. The maximum atomic E-state index is 3.68. The molecule has 0 fully saturated rings. The van der Waals surface area contributed by atoms with Gasteiger partial charge in [0.15, 0.2) is 0 Å². The van der Waals surface area contributed by atoms with E-state index in [1.165, 1.54) is 0 Å². The number of allylic oxidation sites excluding steroid dienone is 1. The average Bonchev–Trinajstić information content (AvgIpc) is 1.67. The largest absolute Gasteiger partial charge is 0.103 e. The van der Waals surface area contributed by atoms with Crippen LogP contribution in [0, 0.1) is 11.8 Å². The van der Waals surface area contributed by atoms with Crippen LogP contribution in [0.2, 0.25) is 0 Å². The summed E-state index contributed by atoms with van der Waals surface area (Å²) >= 11 is 0. The van der Waals surface area contributed by atoms with Crippen molar-refractivity contribution in [2.24, 2.45) is 11.8 Å². The Morgan fingerprint density at radius 1 is 1.33 bits per heavy atom. The molecule has 56 valence electrons. The molecule has 0 aliphatic carbocycles. The number of hydrogen-bond acceptors (Lipinski definition) is 0. The van der Waals surface area contributed by atoms with Crippen molar-refractivity contribution in [3.05, 3.63) is 12.7 Å². The Morgan fingerprint density at radius 2 is 1.78 bits per heavy atom. The van der Waals surface area contributed by atoms with Crippen molar-refractivity contribution in [3.63, 3.8) is 0 Å². The highest BCUT2D eigenvalue weighted by Crippen LogP contribution is 2.13. The van der Waals surface area contributed by atoms with Crippen molar-refractivity contribution in [3.8, 4) is 0 Å². The summed E-state index contributed by atoms with van der Waals surface area (Å²) < 4.78 is 0. The van der Waals surface area contributed by atoms with Crippen LogP contribution in [0.4, 0.5) is 0 Å². The van der Waals surface area contributed by atoms with Gasteiger partial charge < -0.3 is 0 Å². The first-order valence-corrected chi connectivity index (χ1v) is 3.29. The summed E-state index contributed by atoms with van der Waals surface area (Å²) in [5.41, 5.74) is 0. The van der Waals surface area contributed by atoms with Crippen molar-refractivity contribution in [2.75, 3.05) is 0 Å². The molecule has 0 amide bonds. The van der Waals surface area contributed by atoms with Gasteiger partial charge in [-0.05, 0) is 18.3 Å². The lowest BCUT2D eigenvalue weighted by Gasteiger charge is -2.11. The SMILES string of the molecule is C.C=CC[C@H](C)C(C)C. The molecule has 0 aromatic carbocycles. The minimum atomic E-state index is 0. The summed E-state index contributed by atoms with van der Waals surface area (Å²) in [7, 11) is 0. The third kappa shape index (κ3) is 5.61. The molecule has 0 unspecified atom stereocenters. The second kappa shape index (κ2) is 5.87. The first-order chi connectivity index (χ1) is 3.68. The quantitative estimate of drug-likeness (QED) is 0.510. The van der Waals surface area contributed by atoms with Crippen molar-refractivity contribution < 1.29 is 0 Å². The zero-order valence-electron chi connectivity index (χ0n) is 6.15. The van der Waals surface area contributed by atoms with Crippen LogP contribution in [0.1, 0.15) is 34.6 Å². The van der Waals surface area contributed by atoms with Crippen LogP contribution in [0.15, 0.2) is 12.7 Å². The molecular formula is C9H20. The molecule has 0 aromatic heterocycles. The molecule has 0 saturated carbocycles. The summed E-state index contributed by atoms with van der Waals surface area (Å²) in [5, 5.41) is 0. The van der Waals surface area contributed by atoms with Crippen molar-refractivity contribution >= 4 is 0 Å². The van der Waals surface area contributed by atoms with Crippen LogP contribution in [0.3, 0.4) is 0 Å². The van der Waals surface area contributed by atoms with E-state index in [0.29, 0.717) is 0 Å². The van der Waals surface area contributed by atoms with Crippen LogP contribution in [-0.2, 0) is 0 Å². The summed E-state index contributed by atoms with van der Waals surface area (Å²) in [6, 6.07) is 0. The fourth-order valence-electron chi connectivity index (χ4n) is 0.535. The van der Waals surface area contributed by atoms with Crippen LogP contribution in [-0.4, -0.2) is 0 Å². The monoisotopic (exact) mass is 128 g/mol. The third-order valence-corrected chi connectivity index (χ3v) is 1.68. The molecule has 9 heavy (non-hydrogen) atoms. The Balaban J connectivity index is 0. The molecule has 0 N–H and O–H groups in total. The summed E-state index contributed by atoms with van der Waals surface area (Å²) in [5.74, 6) is 1.60. The molecule has 0 nitrogen and oxygen atoms in total. The van der Waals surface area contributed by atoms with E-state index in [4.69, 9.17) is 0 Å². The van der Waals surface area contributed by atoms with Gasteiger partial charge in [0.1, 0.15) is 0 Å². The van der Waals surface area contributed by atoms with Crippen LogP contribution >= 0.6 is 0 Å². The van der Waals surface area contributed by atoms with E-state index in [1.54, 1.807) is 0 Å². The minimum Gasteiger partial charge on any atom is -0.103 e. The molecule has 0 bridgehead atoms. The Morgan fingerprint density at radius 3 is 1.89 bits per heavy atom. The van der Waals surface area contributed by atoms with Crippen molar-refractivity contribution in [2.45, 2.75) is 34.6 Å². The molecule has 0 aliphatic rings. The summed E-state index contributed by atoms with van der Waals surface area (Å²) in [4.78, 5) is 0. The van der Waals surface area contributed by atoms with Crippen molar-refractivity contribution in [1.29, 1.82) is 0 Å². The van der Waals surface area contributed by atoms with E-state index >= 15 is 0 Å². The molecule has 0 aromatic rings. The Bertz CT molecular complexity index is 62.4. The minimum absolute atomic E-state index is 0. The van der Waals surface area contributed by atoms with Crippen LogP contribution in [0.25, 0.3) is 0 Å². The molecule has 0 saturated heterocycles. The van der Waals surface area contributed by atoms with Gasteiger partial charge in [-0.15, -0.1) is 6.58 Å². The first kappa shape index (κ1) is 11.5. The second-order valence-electron chi connectivity index (χ2n) is 2.75. The number of hydrogen-bond donors (Lipinski definition) is 0. The first-order valence-electron chi connectivity index (χ1n) is 3.29. The molecule has 1 atom stereocenters. The maximum absolute atomic E-state index is 3.68. The van der Waals surface area contributed by atoms with Gasteiger partial charge in [0.05, 0.1) is 0 Å². The van der Waals surface area contributed by atoms with E-state index in [-0.39, 0.29) is 7.43 Å². The fourth-order valence-corrected chi connectivity index (χ4v) is 0.535. The molecule has 0 spiro atoms. The van der Waals surface area contributed by atoms with E-state index in [1.807, 2.05) is 6.08 Å². The smallest absolute Gasteiger partial charge is 0.0325 e. The van der Waals surface area contributed by atoms with Gasteiger partial charge in [-0.1, -0.05) is 34.3 Å². The van der Waals surface area contributed by atoms with Gasteiger partial charge in [0.25, 0.3) is 0 Å². The Hall–Kier alpha value is -0.260. The fraction of sp³-hybridized carbons (Fsp3) is 0.778. The molecule has 0 aliphatic heterocycles. The maximum Gasteiger partial charge on any atom is -0.0325 e. The van der Waals surface area contributed by atoms with Gasteiger partial charge in [-0.25, -0.2) is 0 Å². The predicted molar refractivity (Wildman–Crippen MR) is 45.5 cm³/mol. The Kier molecular flexibility index (Phi) is 7.52. The lowest BCUT2D eigenvalue weighted by atomic mass is 9.95. The lowest BCUT2D eigenvalue weighted by molar-refractivity contribution is 0.424. The molecule has 0 rings (SSSR count). The molecule has 0 radical (unpaired) electrons. The zero-order chi connectivity index (χ0) is 6.57. The number of rotatable bonds is 3. The Labute approximate surface area is 60.0 Å². The van der Waals surface area contributed by atoms with Gasteiger partial charge in [-0.3, -0.25) is 0 Å².